The molecule has 0 aromatic carbocycles. The van der Waals surface area contributed by atoms with E-state index in [9.17, 15) is 8.78 Å². The summed E-state index contributed by atoms with van der Waals surface area (Å²) in [6.07, 6.45) is 0.760. The van der Waals surface area contributed by atoms with Gasteiger partial charge in [-0.05, 0) is 12.8 Å². The van der Waals surface area contributed by atoms with Gasteiger partial charge in [0, 0.05) is 11.5 Å². The van der Waals surface area contributed by atoms with Crippen LogP contribution in [0.2, 0.25) is 0 Å². The summed E-state index contributed by atoms with van der Waals surface area (Å²) in [6.45, 7) is -0.403. The van der Waals surface area contributed by atoms with Crippen molar-refractivity contribution in [3.8, 4) is 0 Å². The Balaban J connectivity index is 0.000000720. The second kappa shape index (κ2) is 2.53. The fourth-order valence-electron chi connectivity index (χ4n) is 2.31. The van der Waals surface area contributed by atoms with Crippen molar-refractivity contribution in [3.63, 3.8) is 0 Å². The zero-order valence-electron chi connectivity index (χ0n) is 6.46. The molecule has 0 heterocycles. The summed E-state index contributed by atoms with van der Waals surface area (Å²) in [6, 6.07) is -0.0718. The number of nitrogens with two attached hydrogens (primary N) is 1. The molecule has 2 fully saturated rings. The van der Waals surface area contributed by atoms with Gasteiger partial charge in [0.25, 0.3) is 5.92 Å². The largest absolute Gasteiger partial charge is 0.396 e. The summed E-state index contributed by atoms with van der Waals surface area (Å²) >= 11 is 0. The average Bonchev–Trinajstić information content (AvgIpc) is 2.28. The molecule has 0 radical (unpaired) electrons. The third-order valence-electron chi connectivity index (χ3n) is 3.12. The average molecular weight is 200 g/mol. The number of hydrogen-bond donors (Lipinski definition) is 2. The monoisotopic (exact) mass is 199 g/mol. The normalized spacial score (nSPS) is 48.0. The maximum absolute atomic E-state index is 12.9. The number of aliphatic hydroxyl groups excluding tert-OH is 1. The molecule has 0 amide bonds. The second-order valence-corrected chi connectivity index (χ2v) is 3.68. The number of rotatable bonds is 1. The van der Waals surface area contributed by atoms with Crippen LogP contribution >= 0.6 is 12.4 Å². The fourth-order valence-corrected chi connectivity index (χ4v) is 2.31. The van der Waals surface area contributed by atoms with Crippen LogP contribution in [0.25, 0.3) is 0 Å². The molecule has 2 saturated carbocycles. The van der Waals surface area contributed by atoms with E-state index in [1.807, 2.05) is 0 Å². The minimum absolute atomic E-state index is 0. The van der Waals surface area contributed by atoms with E-state index < -0.39 is 23.9 Å². The lowest BCUT2D eigenvalue weighted by Crippen LogP contribution is -2.41. The van der Waals surface area contributed by atoms with Gasteiger partial charge in [-0.15, -0.1) is 12.4 Å². The van der Waals surface area contributed by atoms with E-state index in [0.717, 1.165) is 0 Å². The molecule has 0 saturated heterocycles. The Morgan fingerprint density at radius 2 is 1.92 bits per heavy atom. The van der Waals surface area contributed by atoms with Crippen LogP contribution in [0, 0.1) is 11.3 Å². The molecule has 1 spiro atoms. The van der Waals surface area contributed by atoms with Gasteiger partial charge < -0.3 is 10.8 Å². The van der Waals surface area contributed by atoms with Gasteiger partial charge in [-0.1, -0.05) is 0 Å². The lowest BCUT2D eigenvalue weighted by atomic mass is 9.75. The first-order valence-electron chi connectivity index (χ1n) is 3.79. The van der Waals surface area contributed by atoms with Crippen LogP contribution in [0.3, 0.4) is 0 Å². The number of hydrogen-bond acceptors (Lipinski definition) is 2. The van der Waals surface area contributed by atoms with Crippen LogP contribution in [-0.4, -0.2) is 23.7 Å². The Morgan fingerprint density at radius 1 is 1.42 bits per heavy atom. The van der Waals surface area contributed by atoms with E-state index in [-0.39, 0.29) is 18.4 Å². The molecular weight excluding hydrogens is 188 g/mol. The summed E-state index contributed by atoms with van der Waals surface area (Å²) in [5.41, 5.74) is 4.52. The van der Waals surface area contributed by atoms with E-state index in [2.05, 4.69) is 0 Å². The summed E-state index contributed by atoms with van der Waals surface area (Å²) in [4.78, 5) is 0. The second-order valence-electron chi connectivity index (χ2n) is 3.68. The molecule has 2 nitrogen and oxygen atoms in total. The van der Waals surface area contributed by atoms with Gasteiger partial charge in [-0.25, -0.2) is 8.78 Å². The van der Waals surface area contributed by atoms with Gasteiger partial charge in [0.05, 0.1) is 12.5 Å². The summed E-state index contributed by atoms with van der Waals surface area (Å²) in [7, 11) is 0. The number of halogens is 3. The van der Waals surface area contributed by atoms with Crippen molar-refractivity contribution in [2.45, 2.75) is 24.8 Å². The zero-order valence-corrected chi connectivity index (χ0v) is 7.28. The molecule has 12 heavy (non-hydrogen) atoms. The maximum Gasteiger partial charge on any atom is 0.260 e. The van der Waals surface area contributed by atoms with Crippen molar-refractivity contribution >= 4 is 12.4 Å². The van der Waals surface area contributed by atoms with Crippen molar-refractivity contribution in [2.24, 2.45) is 17.1 Å². The predicted molar refractivity (Wildman–Crippen MR) is 42.4 cm³/mol. The predicted octanol–water partition coefficient (Wildman–Crippen LogP) is 0.773. The van der Waals surface area contributed by atoms with Crippen molar-refractivity contribution in [3.05, 3.63) is 0 Å². The van der Waals surface area contributed by atoms with E-state index in [1.54, 1.807) is 0 Å². The molecule has 5 heteroatoms. The quantitative estimate of drug-likeness (QED) is 0.656. The fraction of sp³-hybridized carbons (Fsp3) is 1.00. The molecule has 0 aromatic heterocycles. The van der Waals surface area contributed by atoms with Crippen LogP contribution in [0.1, 0.15) is 12.8 Å². The summed E-state index contributed by atoms with van der Waals surface area (Å²) in [5, 5.41) is 8.61. The number of alkyl halides is 2. The Bertz CT molecular complexity index is 194. The van der Waals surface area contributed by atoms with Gasteiger partial charge in [0.15, 0.2) is 0 Å². The molecule has 2 aliphatic rings. The topological polar surface area (TPSA) is 46.2 Å². The number of aliphatic hydroxyl groups is 1. The molecule has 2 rings (SSSR count). The van der Waals surface area contributed by atoms with Gasteiger partial charge >= 0.3 is 0 Å². The van der Waals surface area contributed by atoms with Gasteiger partial charge in [0.1, 0.15) is 0 Å². The first-order valence-corrected chi connectivity index (χ1v) is 3.79. The SMILES string of the molecule is Cl.NC1CC2(C1)[C@@H](CO)C2(F)F. The minimum Gasteiger partial charge on any atom is -0.396 e. The Labute approximate surface area is 75.5 Å². The molecule has 0 aliphatic heterocycles. The zero-order chi connectivity index (χ0) is 8.28. The maximum atomic E-state index is 12.9. The van der Waals surface area contributed by atoms with E-state index >= 15 is 0 Å². The highest BCUT2D eigenvalue weighted by molar-refractivity contribution is 5.85. The first kappa shape index (κ1) is 10.2. The van der Waals surface area contributed by atoms with E-state index in [4.69, 9.17) is 10.8 Å². The van der Waals surface area contributed by atoms with Crippen molar-refractivity contribution in [1.82, 2.24) is 0 Å². The molecule has 72 valence electrons. The third kappa shape index (κ3) is 0.858. The van der Waals surface area contributed by atoms with Crippen molar-refractivity contribution < 1.29 is 13.9 Å². The van der Waals surface area contributed by atoms with Crippen LogP contribution in [0.4, 0.5) is 8.78 Å². The van der Waals surface area contributed by atoms with Crippen molar-refractivity contribution in [2.75, 3.05) is 6.61 Å². The molecule has 1 atom stereocenters. The van der Waals surface area contributed by atoms with Crippen molar-refractivity contribution in [1.29, 1.82) is 0 Å². The Morgan fingerprint density at radius 3 is 2.17 bits per heavy atom. The Hall–Kier alpha value is 0.0700. The third-order valence-corrected chi connectivity index (χ3v) is 3.12. The molecule has 0 aromatic rings. The summed E-state index contributed by atoms with van der Waals surface area (Å²) < 4.78 is 25.7. The molecule has 3 N–H and O–H groups in total. The van der Waals surface area contributed by atoms with Crippen LogP contribution < -0.4 is 5.73 Å². The van der Waals surface area contributed by atoms with Gasteiger partial charge in [0.2, 0.25) is 0 Å². The molecule has 0 bridgehead atoms. The Kier molecular flexibility index (Phi) is 2.14. The van der Waals surface area contributed by atoms with Crippen LogP contribution in [-0.2, 0) is 0 Å². The van der Waals surface area contributed by atoms with Gasteiger partial charge in [-0.2, -0.15) is 0 Å². The molecule has 0 unspecified atom stereocenters. The minimum atomic E-state index is -2.64. The lowest BCUT2D eigenvalue weighted by Gasteiger charge is -2.33. The van der Waals surface area contributed by atoms with E-state index in [0.29, 0.717) is 12.8 Å². The van der Waals surface area contributed by atoms with Gasteiger partial charge in [-0.3, -0.25) is 0 Å². The first-order chi connectivity index (χ1) is 5.04. The molecular formula is C7H12ClF2NO. The van der Waals surface area contributed by atoms with Crippen LogP contribution in [0.5, 0.6) is 0 Å². The smallest absolute Gasteiger partial charge is 0.260 e. The lowest BCUT2D eigenvalue weighted by molar-refractivity contribution is 0.0188. The highest BCUT2D eigenvalue weighted by atomic mass is 35.5. The van der Waals surface area contributed by atoms with Crippen LogP contribution in [0.15, 0.2) is 0 Å². The highest BCUT2D eigenvalue weighted by Gasteiger charge is 2.83. The highest BCUT2D eigenvalue weighted by Crippen LogP contribution is 2.74. The summed E-state index contributed by atoms with van der Waals surface area (Å²) in [5.74, 6) is -3.45. The molecule has 2 aliphatic carbocycles. The standard InChI is InChI=1S/C7H11F2NO.ClH/c8-7(9)5(3-11)6(7)1-4(10)2-6;/h4-5,11H,1-3,10H2;1H/t4?,5-,6?;/m1./s1. The van der Waals surface area contributed by atoms with E-state index in [1.165, 1.54) is 0 Å².